The van der Waals surface area contributed by atoms with Crippen molar-refractivity contribution in [2.45, 2.75) is 26.2 Å². The van der Waals surface area contributed by atoms with E-state index in [9.17, 15) is 13.2 Å². The van der Waals surface area contributed by atoms with Crippen molar-refractivity contribution in [3.8, 4) is 0 Å². The SMILES string of the molecule is CC(=O)CCCCS(C)(=O)=O. The summed E-state index contributed by atoms with van der Waals surface area (Å²) in [7, 11) is -2.83. The molecule has 0 bridgehead atoms. The summed E-state index contributed by atoms with van der Waals surface area (Å²) in [5, 5.41) is 0. The summed E-state index contributed by atoms with van der Waals surface area (Å²) in [5.41, 5.74) is 0. The fraction of sp³-hybridized carbons (Fsp3) is 0.857. The number of sulfone groups is 1. The van der Waals surface area contributed by atoms with Crippen molar-refractivity contribution in [2.75, 3.05) is 12.0 Å². The lowest BCUT2D eigenvalue weighted by molar-refractivity contribution is -0.117. The maximum Gasteiger partial charge on any atom is 0.147 e. The predicted molar refractivity (Wildman–Crippen MR) is 44.2 cm³/mol. The minimum atomic E-state index is -2.83. The monoisotopic (exact) mass is 178 g/mol. The van der Waals surface area contributed by atoms with Crippen LogP contribution >= 0.6 is 0 Å². The molecule has 0 fully saturated rings. The Bertz CT molecular complexity index is 216. The molecule has 4 heteroatoms. The molecule has 0 aliphatic rings. The summed E-state index contributed by atoms with van der Waals surface area (Å²) in [5.74, 6) is 0.318. The average molecular weight is 178 g/mol. The third-order valence-corrected chi connectivity index (χ3v) is 2.32. The predicted octanol–water partition coefficient (Wildman–Crippen LogP) is 0.790. The van der Waals surface area contributed by atoms with Gasteiger partial charge in [0.2, 0.25) is 0 Å². The van der Waals surface area contributed by atoms with Crippen molar-refractivity contribution < 1.29 is 13.2 Å². The third kappa shape index (κ3) is 9.62. The number of rotatable bonds is 5. The Balaban J connectivity index is 3.37. The molecular formula is C7H14O3S. The molecule has 11 heavy (non-hydrogen) atoms. The maximum absolute atomic E-state index is 10.6. The number of Topliss-reactive ketones (excluding diaryl/α,β-unsaturated/α-hetero) is 1. The van der Waals surface area contributed by atoms with Gasteiger partial charge in [-0.1, -0.05) is 0 Å². The summed E-state index contributed by atoms with van der Waals surface area (Å²) in [4.78, 5) is 10.4. The number of carbonyl (C=O) groups excluding carboxylic acids is 1. The third-order valence-electron chi connectivity index (χ3n) is 1.29. The van der Waals surface area contributed by atoms with E-state index >= 15 is 0 Å². The first kappa shape index (κ1) is 10.6. The van der Waals surface area contributed by atoms with Crippen LogP contribution in [-0.4, -0.2) is 26.2 Å². The maximum atomic E-state index is 10.6. The molecule has 0 radical (unpaired) electrons. The van der Waals surface area contributed by atoms with Gasteiger partial charge in [-0.2, -0.15) is 0 Å². The highest BCUT2D eigenvalue weighted by molar-refractivity contribution is 7.90. The summed E-state index contributed by atoms with van der Waals surface area (Å²) >= 11 is 0. The van der Waals surface area contributed by atoms with Gasteiger partial charge in [0.1, 0.15) is 15.6 Å². The van der Waals surface area contributed by atoms with E-state index in [1.165, 1.54) is 13.2 Å². The van der Waals surface area contributed by atoms with Crippen LogP contribution in [0.1, 0.15) is 26.2 Å². The fourth-order valence-electron chi connectivity index (χ4n) is 0.738. The van der Waals surface area contributed by atoms with Crippen LogP contribution < -0.4 is 0 Å². The van der Waals surface area contributed by atoms with Gasteiger partial charge in [-0.15, -0.1) is 0 Å². The zero-order chi connectivity index (χ0) is 8.91. The number of unbranched alkanes of at least 4 members (excludes halogenated alkanes) is 1. The highest BCUT2D eigenvalue weighted by Crippen LogP contribution is 1.98. The highest BCUT2D eigenvalue weighted by atomic mass is 32.2. The molecule has 0 aliphatic carbocycles. The van der Waals surface area contributed by atoms with Gasteiger partial charge >= 0.3 is 0 Å². The molecule has 0 heterocycles. The lowest BCUT2D eigenvalue weighted by atomic mass is 10.2. The Morgan fingerprint density at radius 2 is 1.82 bits per heavy atom. The van der Waals surface area contributed by atoms with E-state index in [-0.39, 0.29) is 11.5 Å². The van der Waals surface area contributed by atoms with E-state index in [2.05, 4.69) is 0 Å². The fourth-order valence-corrected chi connectivity index (χ4v) is 1.47. The zero-order valence-corrected chi connectivity index (χ0v) is 7.78. The van der Waals surface area contributed by atoms with E-state index in [0.717, 1.165) is 0 Å². The number of ketones is 1. The molecule has 0 aliphatic heterocycles. The van der Waals surface area contributed by atoms with E-state index in [1.807, 2.05) is 0 Å². The molecule has 0 aromatic carbocycles. The van der Waals surface area contributed by atoms with Crippen LogP contribution in [0, 0.1) is 0 Å². The first-order valence-electron chi connectivity index (χ1n) is 3.59. The van der Waals surface area contributed by atoms with Crippen LogP contribution in [0.3, 0.4) is 0 Å². The van der Waals surface area contributed by atoms with Crippen molar-refractivity contribution >= 4 is 15.6 Å². The smallest absolute Gasteiger partial charge is 0.147 e. The molecule has 0 saturated heterocycles. The van der Waals surface area contributed by atoms with Gasteiger partial charge in [0.25, 0.3) is 0 Å². The van der Waals surface area contributed by atoms with Crippen LogP contribution in [0.2, 0.25) is 0 Å². The minimum Gasteiger partial charge on any atom is -0.300 e. The van der Waals surface area contributed by atoms with Crippen molar-refractivity contribution in [2.24, 2.45) is 0 Å². The first-order valence-corrected chi connectivity index (χ1v) is 5.65. The number of hydrogen-bond donors (Lipinski definition) is 0. The molecule has 0 amide bonds. The second-order valence-electron chi connectivity index (χ2n) is 2.79. The van der Waals surface area contributed by atoms with E-state index in [0.29, 0.717) is 19.3 Å². The van der Waals surface area contributed by atoms with Gasteiger partial charge in [0, 0.05) is 18.4 Å². The Morgan fingerprint density at radius 1 is 1.27 bits per heavy atom. The molecule has 66 valence electrons. The molecule has 0 N–H and O–H groups in total. The average Bonchev–Trinajstić information content (AvgIpc) is 1.78. The summed E-state index contributed by atoms with van der Waals surface area (Å²) in [6, 6.07) is 0. The highest BCUT2D eigenvalue weighted by Gasteiger charge is 2.01. The molecule has 0 saturated carbocycles. The molecule has 3 nitrogen and oxygen atoms in total. The van der Waals surface area contributed by atoms with Gasteiger partial charge in [-0.25, -0.2) is 8.42 Å². The number of carbonyl (C=O) groups is 1. The molecule has 0 atom stereocenters. The van der Waals surface area contributed by atoms with E-state index in [1.54, 1.807) is 0 Å². The first-order chi connectivity index (χ1) is 4.92. The Morgan fingerprint density at radius 3 is 2.18 bits per heavy atom. The summed E-state index contributed by atoms with van der Waals surface area (Å²) in [6.07, 6.45) is 2.98. The Kier molecular flexibility index (Phi) is 4.33. The van der Waals surface area contributed by atoms with Crippen LogP contribution in [-0.2, 0) is 14.6 Å². The van der Waals surface area contributed by atoms with Gasteiger partial charge in [0.05, 0.1) is 0 Å². The minimum absolute atomic E-state index is 0.124. The summed E-state index contributed by atoms with van der Waals surface area (Å²) in [6.45, 7) is 1.51. The Labute approximate surface area is 67.7 Å². The van der Waals surface area contributed by atoms with E-state index < -0.39 is 9.84 Å². The topological polar surface area (TPSA) is 51.2 Å². The molecule has 0 rings (SSSR count). The van der Waals surface area contributed by atoms with Crippen molar-refractivity contribution in [1.82, 2.24) is 0 Å². The zero-order valence-electron chi connectivity index (χ0n) is 6.96. The lowest BCUT2D eigenvalue weighted by Crippen LogP contribution is -2.03. The second kappa shape index (κ2) is 4.49. The quantitative estimate of drug-likeness (QED) is 0.585. The van der Waals surface area contributed by atoms with Crippen LogP contribution in [0.5, 0.6) is 0 Å². The normalized spacial score (nSPS) is 11.5. The van der Waals surface area contributed by atoms with Gasteiger partial charge < -0.3 is 4.79 Å². The van der Waals surface area contributed by atoms with Crippen LogP contribution in [0.15, 0.2) is 0 Å². The van der Waals surface area contributed by atoms with Crippen LogP contribution in [0.25, 0.3) is 0 Å². The van der Waals surface area contributed by atoms with E-state index in [4.69, 9.17) is 0 Å². The van der Waals surface area contributed by atoms with Crippen LogP contribution in [0.4, 0.5) is 0 Å². The van der Waals surface area contributed by atoms with Crippen molar-refractivity contribution in [1.29, 1.82) is 0 Å². The molecule has 0 unspecified atom stereocenters. The molecule has 0 aromatic heterocycles. The standard InChI is InChI=1S/C7H14O3S/c1-7(8)5-3-4-6-11(2,9)10/h3-6H2,1-2H3. The number of hydrogen-bond acceptors (Lipinski definition) is 3. The molecular weight excluding hydrogens is 164 g/mol. The largest absolute Gasteiger partial charge is 0.300 e. The van der Waals surface area contributed by atoms with Gasteiger partial charge in [-0.3, -0.25) is 0 Å². The second-order valence-corrected chi connectivity index (χ2v) is 5.05. The lowest BCUT2D eigenvalue weighted by Gasteiger charge is -1.95. The summed E-state index contributed by atoms with van der Waals surface area (Å²) < 4.78 is 21.2. The van der Waals surface area contributed by atoms with Crippen molar-refractivity contribution in [3.05, 3.63) is 0 Å². The molecule has 0 aromatic rings. The van der Waals surface area contributed by atoms with Crippen molar-refractivity contribution in [3.63, 3.8) is 0 Å². The van der Waals surface area contributed by atoms with Gasteiger partial charge in [-0.05, 0) is 19.8 Å². The van der Waals surface area contributed by atoms with Gasteiger partial charge in [0.15, 0.2) is 0 Å². The Hall–Kier alpha value is -0.380. The molecule has 0 spiro atoms.